The van der Waals surface area contributed by atoms with E-state index in [9.17, 15) is 14.0 Å². The molecule has 0 radical (unpaired) electrons. The fourth-order valence-corrected chi connectivity index (χ4v) is 2.98. The third-order valence-electron chi connectivity index (χ3n) is 4.32. The molecule has 0 aliphatic heterocycles. The zero-order valence-corrected chi connectivity index (χ0v) is 15.0. The molecule has 0 aromatic heterocycles. The molecule has 136 valence electrons. The summed E-state index contributed by atoms with van der Waals surface area (Å²) in [5, 5.41) is 3.12. The lowest BCUT2D eigenvalue weighted by molar-refractivity contribution is -0.132. The second-order valence-electron chi connectivity index (χ2n) is 6.37. The minimum atomic E-state index is -0.292. The van der Waals surface area contributed by atoms with Crippen LogP contribution in [0.2, 0.25) is 5.02 Å². The first-order valence-electron chi connectivity index (χ1n) is 8.61. The van der Waals surface area contributed by atoms with Crippen LogP contribution in [-0.2, 0) is 11.3 Å². The molecule has 26 heavy (non-hydrogen) atoms. The molecule has 0 bridgehead atoms. The van der Waals surface area contributed by atoms with Crippen LogP contribution < -0.4 is 5.32 Å². The Kier molecular flexibility index (Phi) is 5.89. The second kappa shape index (κ2) is 8.32. The van der Waals surface area contributed by atoms with Crippen LogP contribution in [0.1, 0.15) is 35.2 Å². The van der Waals surface area contributed by atoms with Gasteiger partial charge in [-0.3, -0.25) is 9.59 Å². The van der Waals surface area contributed by atoms with E-state index in [1.165, 1.54) is 12.1 Å². The van der Waals surface area contributed by atoms with Crippen molar-refractivity contribution in [3.05, 3.63) is 70.5 Å². The molecule has 6 heteroatoms. The first-order chi connectivity index (χ1) is 12.5. The standard InChI is InChI=1S/C20H20ClFN2O2/c21-18-4-2-1-3-17(18)20(26)23-12-11-19(25)24(16-9-10-16)13-14-5-7-15(22)8-6-14/h1-8,16H,9-13H2,(H,23,26). The van der Waals surface area contributed by atoms with Gasteiger partial charge >= 0.3 is 0 Å². The van der Waals surface area contributed by atoms with Gasteiger partial charge in [-0.1, -0.05) is 35.9 Å². The lowest BCUT2D eigenvalue weighted by atomic mass is 10.2. The Balaban J connectivity index is 1.53. The summed E-state index contributed by atoms with van der Waals surface area (Å²) in [5.74, 6) is -0.600. The van der Waals surface area contributed by atoms with E-state index in [0.717, 1.165) is 18.4 Å². The zero-order chi connectivity index (χ0) is 18.5. The lowest BCUT2D eigenvalue weighted by Gasteiger charge is -2.23. The molecule has 0 spiro atoms. The summed E-state index contributed by atoms with van der Waals surface area (Å²) in [5.41, 5.74) is 1.29. The molecule has 1 saturated carbocycles. The van der Waals surface area contributed by atoms with Crippen LogP contribution in [0, 0.1) is 5.82 Å². The monoisotopic (exact) mass is 374 g/mol. The number of nitrogens with one attached hydrogen (secondary N) is 1. The molecule has 0 atom stereocenters. The Morgan fingerprint density at radius 3 is 2.46 bits per heavy atom. The van der Waals surface area contributed by atoms with Gasteiger partial charge in [-0.25, -0.2) is 4.39 Å². The average molecular weight is 375 g/mol. The molecule has 2 amide bonds. The van der Waals surface area contributed by atoms with Gasteiger partial charge in [0.25, 0.3) is 5.91 Å². The van der Waals surface area contributed by atoms with E-state index < -0.39 is 0 Å². The van der Waals surface area contributed by atoms with E-state index in [-0.39, 0.29) is 36.6 Å². The van der Waals surface area contributed by atoms with E-state index in [0.29, 0.717) is 17.1 Å². The molecular formula is C20H20ClFN2O2. The van der Waals surface area contributed by atoms with Crippen molar-refractivity contribution in [3.8, 4) is 0 Å². The van der Waals surface area contributed by atoms with Crippen molar-refractivity contribution in [2.45, 2.75) is 31.8 Å². The molecule has 3 rings (SSSR count). The Hall–Kier alpha value is -2.40. The van der Waals surface area contributed by atoms with Gasteiger partial charge in [-0.15, -0.1) is 0 Å². The maximum absolute atomic E-state index is 13.0. The van der Waals surface area contributed by atoms with E-state index >= 15 is 0 Å². The van der Waals surface area contributed by atoms with Crippen LogP contribution in [0.4, 0.5) is 4.39 Å². The van der Waals surface area contributed by atoms with Gasteiger partial charge in [0, 0.05) is 25.6 Å². The SMILES string of the molecule is O=C(NCCC(=O)N(Cc1ccc(F)cc1)C1CC1)c1ccccc1Cl. The molecule has 0 saturated heterocycles. The van der Waals surface area contributed by atoms with Gasteiger partial charge in [0.05, 0.1) is 10.6 Å². The minimum Gasteiger partial charge on any atom is -0.351 e. The van der Waals surface area contributed by atoms with Crippen LogP contribution in [0.25, 0.3) is 0 Å². The number of rotatable bonds is 7. The lowest BCUT2D eigenvalue weighted by Crippen LogP contribution is -2.35. The van der Waals surface area contributed by atoms with Crippen molar-refractivity contribution in [1.82, 2.24) is 10.2 Å². The van der Waals surface area contributed by atoms with E-state index in [2.05, 4.69) is 5.32 Å². The number of amides is 2. The number of nitrogens with zero attached hydrogens (tertiary/aromatic N) is 1. The number of benzene rings is 2. The Bertz CT molecular complexity index is 791. The third kappa shape index (κ3) is 4.82. The van der Waals surface area contributed by atoms with Crippen molar-refractivity contribution in [2.75, 3.05) is 6.54 Å². The Morgan fingerprint density at radius 2 is 1.81 bits per heavy atom. The molecule has 4 nitrogen and oxygen atoms in total. The van der Waals surface area contributed by atoms with Crippen molar-refractivity contribution < 1.29 is 14.0 Å². The largest absolute Gasteiger partial charge is 0.351 e. The van der Waals surface area contributed by atoms with Crippen molar-refractivity contribution in [3.63, 3.8) is 0 Å². The number of carbonyl (C=O) groups is 2. The zero-order valence-electron chi connectivity index (χ0n) is 14.3. The number of halogens is 2. The van der Waals surface area contributed by atoms with Crippen molar-refractivity contribution in [2.24, 2.45) is 0 Å². The van der Waals surface area contributed by atoms with Crippen molar-refractivity contribution >= 4 is 23.4 Å². The average Bonchev–Trinajstić information content (AvgIpc) is 3.46. The summed E-state index contributed by atoms with van der Waals surface area (Å²) in [6, 6.07) is 13.2. The van der Waals surface area contributed by atoms with Gasteiger partial charge in [0.2, 0.25) is 5.91 Å². The summed E-state index contributed by atoms with van der Waals surface area (Å²) in [6.45, 7) is 0.706. The quantitative estimate of drug-likeness (QED) is 0.801. The molecular weight excluding hydrogens is 355 g/mol. The van der Waals surface area contributed by atoms with E-state index in [1.807, 2.05) is 4.90 Å². The first kappa shape index (κ1) is 18.4. The molecule has 1 aliphatic rings. The predicted octanol–water partition coefficient (Wildman–Crippen LogP) is 3.79. The minimum absolute atomic E-state index is 0.0173. The van der Waals surface area contributed by atoms with Crippen LogP contribution in [0.5, 0.6) is 0 Å². The molecule has 0 unspecified atom stereocenters. The Morgan fingerprint density at radius 1 is 1.12 bits per heavy atom. The summed E-state index contributed by atoms with van der Waals surface area (Å²) in [7, 11) is 0. The fraction of sp³-hybridized carbons (Fsp3) is 0.300. The van der Waals surface area contributed by atoms with Crippen LogP contribution >= 0.6 is 11.6 Å². The summed E-state index contributed by atoms with van der Waals surface area (Å²) in [4.78, 5) is 26.5. The number of carbonyl (C=O) groups excluding carboxylic acids is 2. The van der Waals surface area contributed by atoms with Gasteiger partial charge in [0.15, 0.2) is 0 Å². The van der Waals surface area contributed by atoms with Gasteiger partial charge in [-0.05, 0) is 42.7 Å². The fourth-order valence-electron chi connectivity index (χ4n) is 2.76. The van der Waals surface area contributed by atoms with E-state index in [1.54, 1.807) is 36.4 Å². The highest BCUT2D eigenvalue weighted by Gasteiger charge is 2.32. The van der Waals surface area contributed by atoms with E-state index in [4.69, 9.17) is 11.6 Å². The van der Waals surface area contributed by atoms with Gasteiger partial charge < -0.3 is 10.2 Å². The third-order valence-corrected chi connectivity index (χ3v) is 4.65. The first-order valence-corrected chi connectivity index (χ1v) is 8.99. The number of hydrogen-bond donors (Lipinski definition) is 1. The molecule has 1 N–H and O–H groups in total. The van der Waals surface area contributed by atoms with Crippen LogP contribution in [-0.4, -0.2) is 29.3 Å². The second-order valence-corrected chi connectivity index (χ2v) is 6.77. The summed E-state index contributed by atoms with van der Waals surface area (Å²) >= 11 is 6.00. The molecule has 1 aliphatic carbocycles. The highest BCUT2D eigenvalue weighted by atomic mass is 35.5. The summed E-state index contributed by atoms with van der Waals surface area (Å²) < 4.78 is 13.0. The maximum Gasteiger partial charge on any atom is 0.252 e. The predicted molar refractivity (Wildman–Crippen MR) is 98.4 cm³/mol. The van der Waals surface area contributed by atoms with Gasteiger partial charge in [0.1, 0.15) is 5.82 Å². The Labute approximate surface area is 157 Å². The number of hydrogen-bond acceptors (Lipinski definition) is 2. The van der Waals surface area contributed by atoms with Gasteiger partial charge in [-0.2, -0.15) is 0 Å². The molecule has 1 fully saturated rings. The highest BCUT2D eigenvalue weighted by Crippen LogP contribution is 2.29. The smallest absolute Gasteiger partial charge is 0.252 e. The molecule has 2 aromatic carbocycles. The maximum atomic E-state index is 13.0. The van der Waals surface area contributed by atoms with Crippen LogP contribution in [0.3, 0.4) is 0 Å². The normalized spacial score (nSPS) is 13.3. The van der Waals surface area contributed by atoms with Crippen LogP contribution in [0.15, 0.2) is 48.5 Å². The van der Waals surface area contributed by atoms with Crippen molar-refractivity contribution in [1.29, 1.82) is 0 Å². The molecule has 2 aromatic rings. The summed E-state index contributed by atoms with van der Waals surface area (Å²) in [6.07, 6.45) is 2.19. The topological polar surface area (TPSA) is 49.4 Å². The highest BCUT2D eigenvalue weighted by molar-refractivity contribution is 6.33. The molecule has 0 heterocycles.